The molecule has 10 nitrogen and oxygen atoms in total. The Hall–Kier alpha value is -3.44. The molecule has 36 heavy (non-hydrogen) atoms. The van der Waals surface area contributed by atoms with Crippen LogP contribution in [0.15, 0.2) is 17.7 Å². The highest BCUT2D eigenvalue weighted by atomic mass is 35.5. The van der Waals surface area contributed by atoms with Crippen molar-refractivity contribution in [2.24, 2.45) is 0 Å². The summed E-state index contributed by atoms with van der Waals surface area (Å²) in [7, 11) is 0. The Morgan fingerprint density at radius 3 is 2.58 bits per heavy atom. The molecule has 5 rings (SSSR count). The van der Waals surface area contributed by atoms with Crippen LogP contribution in [-0.4, -0.2) is 56.6 Å². The van der Waals surface area contributed by atoms with E-state index in [9.17, 15) is 4.79 Å². The zero-order valence-electron chi connectivity index (χ0n) is 20.0. The highest BCUT2D eigenvalue weighted by Crippen LogP contribution is 2.38. The molecule has 1 aliphatic carbocycles. The summed E-state index contributed by atoms with van der Waals surface area (Å²) in [5.41, 5.74) is 15.4. The highest BCUT2D eigenvalue weighted by Gasteiger charge is 2.26. The van der Waals surface area contributed by atoms with E-state index >= 15 is 4.39 Å². The number of fused-ring (bicyclic) bond motifs is 1. The van der Waals surface area contributed by atoms with E-state index in [0.29, 0.717) is 36.7 Å². The Morgan fingerprint density at radius 1 is 1.17 bits per heavy atom. The van der Waals surface area contributed by atoms with Gasteiger partial charge in [0.2, 0.25) is 0 Å². The summed E-state index contributed by atoms with van der Waals surface area (Å²) in [4.78, 5) is 27.3. The number of imidazole rings is 1. The average Bonchev–Trinajstić information content (AvgIpc) is 3.18. The van der Waals surface area contributed by atoms with Gasteiger partial charge in [-0.1, -0.05) is 11.6 Å². The van der Waals surface area contributed by atoms with Crippen molar-refractivity contribution in [3.8, 4) is 0 Å². The number of aryl methyl sites for hydroxylation is 1. The molecule has 190 valence electrons. The standard InChI is InChI=1S/C24H28ClFN8O2/c1-2-34-17-10-14(20(13-4-3-5-13)33-6-8-36-9-7-33)15(26)11-16(17)30-18(34)12-29-24(35)19-22(27)32-23(28)21(25)31-19/h10-11H,2-9,12H2,1H3,(H,29,35)(H4,27,28,32). The first-order valence-corrected chi connectivity index (χ1v) is 12.4. The van der Waals surface area contributed by atoms with E-state index in [1.165, 1.54) is 11.6 Å². The summed E-state index contributed by atoms with van der Waals surface area (Å²) in [6, 6.07) is 3.36. The number of nitrogens with zero attached hydrogens (tertiary/aromatic N) is 5. The summed E-state index contributed by atoms with van der Waals surface area (Å²) < 4.78 is 23.0. The minimum absolute atomic E-state index is 0.0513. The number of aromatic nitrogens is 4. The molecule has 1 aromatic carbocycles. The van der Waals surface area contributed by atoms with Crippen LogP contribution in [0.3, 0.4) is 0 Å². The summed E-state index contributed by atoms with van der Waals surface area (Å²) in [6.45, 7) is 5.39. The van der Waals surface area contributed by atoms with Gasteiger partial charge in [-0.3, -0.25) is 4.79 Å². The molecular weight excluding hydrogens is 487 g/mol. The maximum Gasteiger partial charge on any atom is 0.274 e. The molecule has 2 aliphatic rings. The van der Waals surface area contributed by atoms with Gasteiger partial charge in [0.15, 0.2) is 22.5 Å². The van der Waals surface area contributed by atoms with Crippen molar-refractivity contribution >= 4 is 45.9 Å². The number of carbonyl (C=O) groups excluding carboxylic acids is 1. The Labute approximate surface area is 212 Å². The third-order valence-electron chi connectivity index (χ3n) is 6.63. The molecule has 0 bridgehead atoms. The van der Waals surface area contributed by atoms with Gasteiger partial charge >= 0.3 is 0 Å². The van der Waals surface area contributed by atoms with Gasteiger partial charge in [-0.15, -0.1) is 0 Å². The molecular formula is C24H28ClFN8O2. The number of nitrogens with one attached hydrogen (secondary N) is 1. The van der Waals surface area contributed by atoms with Gasteiger partial charge in [-0.2, -0.15) is 0 Å². The normalized spacial score (nSPS) is 15.8. The number of halogens is 2. The summed E-state index contributed by atoms with van der Waals surface area (Å²) in [5.74, 6) is -0.462. The largest absolute Gasteiger partial charge is 0.382 e. The quantitative estimate of drug-likeness (QED) is 0.456. The number of allylic oxidation sites excluding steroid dienone is 1. The van der Waals surface area contributed by atoms with Crippen LogP contribution < -0.4 is 16.8 Å². The number of nitrogens with two attached hydrogens (primary N) is 2. The number of morpholine rings is 1. The van der Waals surface area contributed by atoms with E-state index in [1.54, 1.807) is 0 Å². The lowest BCUT2D eigenvalue weighted by molar-refractivity contribution is 0.0633. The van der Waals surface area contributed by atoms with E-state index in [4.69, 9.17) is 27.8 Å². The number of hydrogen-bond acceptors (Lipinski definition) is 8. The molecule has 1 saturated heterocycles. The van der Waals surface area contributed by atoms with Crippen LogP contribution in [0, 0.1) is 5.82 Å². The molecule has 0 atom stereocenters. The lowest BCUT2D eigenvalue weighted by Gasteiger charge is -2.35. The van der Waals surface area contributed by atoms with Gasteiger partial charge in [-0.05, 0) is 37.8 Å². The van der Waals surface area contributed by atoms with Crippen molar-refractivity contribution < 1.29 is 13.9 Å². The van der Waals surface area contributed by atoms with Gasteiger partial charge in [-0.25, -0.2) is 19.3 Å². The molecule has 2 fully saturated rings. The van der Waals surface area contributed by atoms with E-state index in [1.807, 2.05) is 17.6 Å². The van der Waals surface area contributed by atoms with Crippen LogP contribution in [0.25, 0.3) is 16.7 Å². The van der Waals surface area contributed by atoms with Crippen molar-refractivity contribution in [1.82, 2.24) is 29.7 Å². The maximum absolute atomic E-state index is 15.5. The fraction of sp³-hybridized carbons (Fsp3) is 0.417. The van der Waals surface area contributed by atoms with E-state index in [-0.39, 0.29) is 34.8 Å². The molecule has 1 amide bonds. The molecule has 0 unspecified atom stereocenters. The summed E-state index contributed by atoms with van der Waals surface area (Å²) >= 11 is 5.90. The Kier molecular flexibility index (Phi) is 6.67. The second-order valence-corrected chi connectivity index (χ2v) is 9.17. The summed E-state index contributed by atoms with van der Waals surface area (Å²) in [5, 5.41) is 2.65. The van der Waals surface area contributed by atoms with Crippen LogP contribution in [0.1, 0.15) is 48.1 Å². The number of benzene rings is 1. The van der Waals surface area contributed by atoms with Crippen LogP contribution in [0.2, 0.25) is 5.15 Å². The van der Waals surface area contributed by atoms with Crippen LogP contribution in [0.5, 0.6) is 0 Å². The van der Waals surface area contributed by atoms with Crippen LogP contribution >= 0.6 is 11.6 Å². The van der Waals surface area contributed by atoms with E-state index in [0.717, 1.165) is 43.6 Å². The molecule has 1 saturated carbocycles. The van der Waals surface area contributed by atoms with E-state index in [2.05, 4.69) is 25.2 Å². The lowest BCUT2D eigenvalue weighted by Crippen LogP contribution is -2.36. The van der Waals surface area contributed by atoms with E-state index < -0.39 is 5.91 Å². The minimum Gasteiger partial charge on any atom is -0.382 e. The number of amides is 1. The van der Waals surface area contributed by atoms with Crippen molar-refractivity contribution in [3.05, 3.63) is 45.8 Å². The number of nitrogen functional groups attached to an aromatic ring is 2. The SMILES string of the molecule is CCn1c(CNC(=O)c2nc(Cl)c(N)nc2N)nc2cc(F)c(C(=C3CCC3)N3CCOCC3)cc21. The predicted octanol–water partition coefficient (Wildman–Crippen LogP) is 2.96. The first-order chi connectivity index (χ1) is 17.4. The molecule has 3 heterocycles. The Balaban J connectivity index is 1.47. The van der Waals surface area contributed by atoms with Gasteiger partial charge < -0.3 is 31.0 Å². The van der Waals surface area contributed by atoms with Crippen molar-refractivity contribution in [3.63, 3.8) is 0 Å². The molecule has 12 heteroatoms. The minimum atomic E-state index is -0.562. The number of hydrogen-bond donors (Lipinski definition) is 3. The smallest absolute Gasteiger partial charge is 0.274 e. The molecule has 5 N–H and O–H groups in total. The number of anilines is 2. The Morgan fingerprint density at radius 2 is 1.92 bits per heavy atom. The van der Waals surface area contributed by atoms with Gasteiger partial charge in [0.1, 0.15) is 11.6 Å². The Bertz CT molecular complexity index is 1360. The third kappa shape index (κ3) is 4.44. The maximum atomic E-state index is 15.5. The first kappa shape index (κ1) is 24.3. The molecule has 0 radical (unpaired) electrons. The van der Waals surface area contributed by atoms with Gasteiger partial charge in [0, 0.05) is 37.0 Å². The monoisotopic (exact) mass is 514 g/mol. The zero-order valence-corrected chi connectivity index (χ0v) is 20.7. The molecule has 0 spiro atoms. The fourth-order valence-corrected chi connectivity index (χ4v) is 4.80. The van der Waals surface area contributed by atoms with Crippen LogP contribution in [0.4, 0.5) is 16.0 Å². The number of carbonyl (C=O) groups is 1. The van der Waals surface area contributed by atoms with Gasteiger partial charge in [0.05, 0.1) is 30.8 Å². The molecule has 2 aromatic heterocycles. The van der Waals surface area contributed by atoms with Gasteiger partial charge in [0.25, 0.3) is 5.91 Å². The first-order valence-electron chi connectivity index (χ1n) is 12.0. The highest BCUT2D eigenvalue weighted by molar-refractivity contribution is 6.31. The second kappa shape index (κ2) is 9.90. The molecule has 3 aromatic rings. The second-order valence-electron chi connectivity index (χ2n) is 8.81. The van der Waals surface area contributed by atoms with Crippen molar-refractivity contribution in [2.75, 3.05) is 37.8 Å². The predicted molar refractivity (Wildman–Crippen MR) is 136 cm³/mol. The number of rotatable bonds is 6. The van der Waals surface area contributed by atoms with Crippen molar-refractivity contribution in [1.29, 1.82) is 0 Å². The number of ether oxygens (including phenoxy) is 1. The average molecular weight is 515 g/mol. The third-order valence-corrected chi connectivity index (χ3v) is 6.91. The fourth-order valence-electron chi connectivity index (χ4n) is 4.68. The lowest BCUT2D eigenvalue weighted by atomic mass is 9.87. The topological polar surface area (TPSA) is 137 Å². The summed E-state index contributed by atoms with van der Waals surface area (Å²) in [6.07, 6.45) is 3.09. The molecule has 1 aliphatic heterocycles. The zero-order chi connectivity index (χ0) is 25.4. The van der Waals surface area contributed by atoms with Crippen molar-refractivity contribution in [2.45, 2.75) is 39.3 Å². The van der Waals surface area contributed by atoms with Crippen LogP contribution in [-0.2, 0) is 17.8 Å².